The van der Waals surface area contributed by atoms with Gasteiger partial charge in [-0.3, -0.25) is 0 Å². The number of sulfone groups is 1. The van der Waals surface area contributed by atoms with Crippen LogP contribution in [0.1, 0.15) is 29.4 Å². The highest BCUT2D eigenvalue weighted by atomic mass is 32.2. The van der Waals surface area contributed by atoms with Gasteiger partial charge in [0.1, 0.15) is 15.7 Å². The molecule has 0 saturated heterocycles. The zero-order valence-electron chi connectivity index (χ0n) is 12.6. The first-order valence-corrected chi connectivity index (χ1v) is 8.87. The molecule has 0 aliphatic heterocycles. The summed E-state index contributed by atoms with van der Waals surface area (Å²) in [5.74, 6) is 0.682. The molecule has 0 amide bonds. The second-order valence-electron chi connectivity index (χ2n) is 5.58. The number of rotatable bonds is 5. The van der Waals surface area contributed by atoms with Crippen LogP contribution in [0.3, 0.4) is 0 Å². The number of nitrogens with one attached hydrogen (secondary N) is 1. The SMILES string of the molecule is Cc1cc(C)cc(-c2cnc(C(N)CCS(C)(=O)=O)[nH]2)c1. The Kier molecular flexibility index (Phi) is 4.49. The van der Waals surface area contributed by atoms with E-state index in [9.17, 15) is 8.42 Å². The number of hydrogen-bond donors (Lipinski definition) is 2. The number of imidazole rings is 1. The predicted molar refractivity (Wildman–Crippen MR) is 84.8 cm³/mol. The van der Waals surface area contributed by atoms with Gasteiger partial charge < -0.3 is 10.7 Å². The van der Waals surface area contributed by atoms with Crippen molar-refractivity contribution in [3.05, 3.63) is 41.3 Å². The van der Waals surface area contributed by atoms with Crippen molar-refractivity contribution in [2.45, 2.75) is 26.3 Å². The van der Waals surface area contributed by atoms with Gasteiger partial charge in [-0.15, -0.1) is 0 Å². The minimum Gasteiger partial charge on any atom is -0.341 e. The number of nitrogens with zero attached hydrogens (tertiary/aromatic N) is 1. The van der Waals surface area contributed by atoms with Crippen LogP contribution in [0.25, 0.3) is 11.3 Å². The van der Waals surface area contributed by atoms with Gasteiger partial charge in [-0.05, 0) is 32.4 Å². The van der Waals surface area contributed by atoms with Gasteiger partial charge in [-0.25, -0.2) is 13.4 Å². The molecule has 2 aromatic rings. The van der Waals surface area contributed by atoms with Crippen LogP contribution >= 0.6 is 0 Å². The summed E-state index contributed by atoms with van der Waals surface area (Å²) in [6.07, 6.45) is 3.31. The standard InChI is InChI=1S/C15H21N3O2S/c1-10-6-11(2)8-12(7-10)14-9-17-15(18-14)13(16)4-5-21(3,19)20/h6-9,13H,4-5,16H2,1-3H3,(H,17,18). The van der Waals surface area contributed by atoms with E-state index in [0.717, 1.165) is 11.3 Å². The van der Waals surface area contributed by atoms with Crippen molar-refractivity contribution in [1.82, 2.24) is 9.97 Å². The number of aryl methyl sites for hydroxylation is 2. The molecule has 6 heteroatoms. The van der Waals surface area contributed by atoms with E-state index in [1.54, 1.807) is 6.20 Å². The fourth-order valence-electron chi connectivity index (χ4n) is 2.28. The second kappa shape index (κ2) is 5.99. The number of hydrogen-bond acceptors (Lipinski definition) is 4. The lowest BCUT2D eigenvalue weighted by atomic mass is 10.1. The largest absolute Gasteiger partial charge is 0.341 e. The van der Waals surface area contributed by atoms with E-state index in [0.29, 0.717) is 12.2 Å². The number of benzene rings is 1. The molecule has 1 atom stereocenters. The monoisotopic (exact) mass is 307 g/mol. The van der Waals surface area contributed by atoms with Crippen LogP contribution in [-0.4, -0.2) is 30.4 Å². The highest BCUT2D eigenvalue weighted by Crippen LogP contribution is 2.22. The van der Waals surface area contributed by atoms with Crippen LogP contribution < -0.4 is 5.73 Å². The molecule has 0 aliphatic rings. The van der Waals surface area contributed by atoms with E-state index in [-0.39, 0.29) is 5.75 Å². The van der Waals surface area contributed by atoms with Crippen LogP contribution in [0.5, 0.6) is 0 Å². The second-order valence-corrected chi connectivity index (χ2v) is 7.84. The predicted octanol–water partition coefficient (Wildman–Crippen LogP) is 2.13. The van der Waals surface area contributed by atoms with Gasteiger partial charge in [0.05, 0.1) is 23.7 Å². The van der Waals surface area contributed by atoms with Crippen molar-refractivity contribution < 1.29 is 8.42 Å². The summed E-state index contributed by atoms with van der Waals surface area (Å²) in [5.41, 5.74) is 10.3. The molecular weight excluding hydrogens is 286 g/mol. The summed E-state index contributed by atoms with van der Waals surface area (Å²) >= 11 is 0. The van der Waals surface area contributed by atoms with Crippen LogP contribution in [0.15, 0.2) is 24.4 Å². The summed E-state index contributed by atoms with van der Waals surface area (Å²) < 4.78 is 22.4. The Morgan fingerprint density at radius 1 is 1.24 bits per heavy atom. The van der Waals surface area contributed by atoms with Crippen LogP contribution in [0.2, 0.25) is 0 Å². The lowest BCUT2D eigenvalue weighted by molar-refractivity contribution is 0.588. The molecule has 5 nitrogen and oxygen atoms in total. The summed E-state index contributed by atoms with van der Waals surface area (Å²) in [4.78, 5) is 7.47. The summed E-state index contributed by atoms with van der Waals surface area (Å²) in [6.45, 7) is 4.09. The van der Waals surface area contributed by atoms with Gasteiger partial charge in [0.2, 0.25) is 0 Å². The molecule has 21 heavy (non-hydrogen) atoms. The fraction of sp³-hybridized carbons (Fsp3) is 0.400. The van der Waals surface area contributed by atoms with Crippen molar-refractivity contribution in [2.75, 3.05) is 12.0 Å². The molecule has 1 unspecified atom stereocenters. The Hall–Kier alpha value is -1.66. The van der Waals surface area contributed by atoms with Gasteiger partial charge >= 0.3 is 0 Å². The first-order valence-electron chi connectivity index (χ1n) is 6.81. The van der Waals surface area contributed by atoms with E-state index < -0.39 is 15.9 Å². The van der Waals surface area contributed by atoms with E-state index in [1.165, 1.54) is 17.4 Å². The molecule has 0 aliphatic carbocycles. The molecule has 1 heterocycles. The van der Waals surface area contributed by atoms with Crippen LogP contribution in [0, 0.1) is 13.8 Å². The van der Waals surface area contributed by atoms with Gasteiger partial charge in [-0.2, -0.15) is 0 Å². The maximum atomic E-state index is 11.2. The van der Waals surface area contributed by atoms with Gasteiger partial charge in [0, 0.05) is 11.8 Å². The molecule has 0 bridgehead atoms. The Morgan fingerprint density at radius 2 is 1.86 bits per heavy atom. The maximum absolute atomic E-state index is 11.2. The molecule has 114 valence electrons. The van der Waals surface area contributed by atoms with Gasteiger partial charge in [0.25, 0.3) is 0 Å². The topological polar surface area (TPSA) is 88.8 Å². The summed E-state index contributed by atoms with van der Waals surface area (Å²) in [7, 11) is -3.01. The molecule has 0 radical (unpaired) electrons. The lowest BCUT2D eigenvalue weighted by Crippen LogP contribution is -2.16. The Bertz CT molecular complexity index is 715. The molecule has 0 spiro atoms. The van der Waals surface area contributed by atoms with E-state index >= 15 is 0 Å². The minimum absolute atomic E-state index is 0.0632. The van der Waals surface area contributed by atoms with Crippen molar-refractivity contribution in [3.8, 4) is 11.3 Å². The third-order valence-corrected chi connectivity index (χ3v) is 4.26. The first kappa shape index (κ1) is 15.7. The summed E-state index contributed by atoms with van der Waals surface area (Å²) in [6, 6.07) is 5.86. The molecular formula is C15H21N3O2S. The Labute approximate surface area is 125 Å². The van der Waals surface area contributed by atoms with Crippen molar-refractivity contribution >= 4 is 9.84 Å². The van der Waals surface area contributed by atoms with Crippen LogP contribution in [-0.2, 0) is 9.84 Å². The third kappa shape index (κ3) is 4.41. The maximum Gasteiger partial charge on any atom is 0.147 e. The molecule has 1 aromatic heterocycles. The highest BCUT2D eigenvalue weighted by Gasteiger charge is 2.14. The lowest BCUT2D eigenvalue weighted by Gasteiger charge is -2.07. The number of H-pyrrole nitrogens is 1. The van der Waals surface area contributed by atoms with Gasteiger partial charge in [0.15, 0.2) is 0 Å². The normalized spacial score (nSPS) is 13.3. The Morgan fingerprint density at radius 3 is 2.43 bits per heavy atom. The number of aromatic nitrogens is 2. The molecule has 2 rings (SSSR count). The summed E-state index contributed by atoms with van der Waals surface area (Å²) in [5, 5.41) is 0. The van der Waals surface area contributed by atoms with Crippen LogP contribution in [0.4, 0.5) is 0 Å². The van der Waals surface area contributed by atoms with E-state index in [1.807, 2.05) is 13.8 Å². The van der Waals surface area contributed by atoms with Crippen molar-refractivity contribution in [2.24, 2.45) is 5.73 Å². The average molecular weight is 307 g/mol. The zero-order valence-corrected chi connectivity index (χ0v) is 13.4. The number of nitrogens with two attached hydrogens (primary N) is 1. The van der Waals surface area contributed by atoms with E-state index in [4.69, 9.17) is 5.73 Å². The quantitative estimate of drug-likeness (QED) is 0.885. The number of aromatic amines is 1. The first-order chi connectivity index (χ1) is 9.74. The molecule has 0 saturated carbocycles. The Balaban J connectivity index is 2.17. The smallest absolute Gasteiger partial charge is 0.147 e. The molecule has 3 N–H and O–H groups in total. The third-order valence-electron chi connectivity index (χ3n) is 3.28. The molecule has 1 aromatic carbocycles. The minimum atomic E-state index is -3.01. The fourth-order valence-corrected chi connectivity index (χ4v) is 2.96. The highest BCUT2D eigenvalue weighted by molar-refractivity contribution is 7.90. The molecule has 0 fully saturated rings. The van der Waals surface area contributed by atoms with Crippen molar-refractivity contribution in [3.63, 3.8) is 0 Å². The van der Waals surface area contributed by atoms with E-state index in [2.05, 4.69) is 28.2 Å². The van der Waals surface area contributed by atoms with Gasteiger partial charge in [-0.1, -0.05) is 17.2 Å². The van der Waals surface area contributed by atoms with Crippen molar-refractivity contribution in [1.29, 1.82) is 0 Å². The average Bonchev–Trinajstić information content (AvgIpc) is 2.83. The zero-order chi connectivity index (χ0) is 15.6.